The molecule has 0 saturated carbocycles. The Morgan fingerprint density at radius 2 is 1.19 bits per heavy atom. The smallest absolute Gasteiger partial charge is 0.330 e. The first-order valence-corrected chi connectivity index (χ1v) is 10.3. The Balaban J connectivity index is 3.61. The number of allylic oxidation sites excluding steroid dienone is 9. The molecule has 0 unspecified atom stereocenters. The highest BCUT2D eigenvalue weighted by Gasteiger charge is 1.93. The molecular weight excluding hydrogens is 320 g/mol. The van der Waals surface area contributed by atoms with Crippen LogP contribution in [0.5, 0.6) is 0 Å². The molecule has 0 bridgehead atoms. The number of esters is 1. The predicted octanol–water partition coefficient (Wildman–Crippen LogP) is 7.25. The molecule has 0 radical (unpaired) electrons. The van der Waals surface area contributed by atoms with Crippen molar-refractivity contribution >= 4 is 5.97 Å². The van der Waals surface area contributed by atoms with Crippen LogP contribution in [0.4, 0.5) is 0 Å². The van der Waals surface area contributed by atoms with E-state index in [9.17, 15) is 4.79 Å². The first-order valence-electron chi connectivity index (χ1n) is 10.3. The van der Waals surface area contributed by atoms with Crippen LogP contribution in [-0.2, 0) is 9.53 Å². The molecule has 0 fully saturated rings. The van der Waals surface area contributed by atoms with Crippen molar-refractivity contribution in [1.82, 2.24) is 0 Å². The summed E-state index contributed by atoms with van der Waals surface area (Å²) in [5.74, 6) is -0.280. The normalized spacial score (nSPS) is 12.5. The van der Waals surface area contributed by atoms with E-state index >= 15 is 0 Å². The molecule has 0 saturated heterocycles. The minimum Gasteiger partial charge on any atom is -0.463 e. The monoisotopic (exact) mass is 358 g/mol. The summed E-state index contributed by atoms with van der Waals surface area (Å²) in [5.41, 5.74) is 0. The molecule has 0 aliphatic carbocycles. The fourth-order valence-corrected chi connectivity index (χ4v) is 2.28. The molecule has 0 aromatic heterocycles. The van der Waals surface area contributed by atoms with Crippen molar-refractivity contribution < 1.29 is 9.53 Å². The molecule has 0 aromatic carbocycles. The lowest BCUT2D eigenvalue weighted by atomic mass is 10.1. The summed E-state index contributed by atoms with van der Waals surface area (Å²) in [6, 6.07) is 0. The zero-order valence-corrected chi connectivity index (χ0v) is 16.9. The van der Waals surface area contributed by atoms with Gasteiger partial charge in [0.25, 0.3) is 0 Å². The van der Waals surface area contributed by atoms with E-state index in [2.05, 4.69) is 26.0 Å². The maximum Gasteiger partial charge on any atom is 0.330 e. The van der Waals surface area contributed by atoms with Crippen LogP contribution in [0, 0.1) is 0 Å². The van der Waals surface area contributed by atoms with E-state index < -0.39 is 0 Å². The van der Waals surface area contributed by atoms with Crippen molar-refractivity contribution in [1.29, 1.82) is 0 Å². The molecule has 0 aliphatic heterocycles. The highest BCUT2D eigenvalue weighted by atomic mass is 16.5. The maximum absolute atomic E-state index is 11.3. The van der Waals surface area contributed by atoms with Crippen LogP contribution in [-0.4, -0.2) is 12.6 Å². The summed E-state index contributed by atoms with van der Waals surface area (Å²) >= 11 is 0. The lowest BCUT2D eigenvalue weighted by molar-refractivity contribution is -0.137. The Morgan fingerprint density at radius 3 is 1.85 bits per heavy atom. The van der Waals surface area contributed by atoms with Crippen molar-refractivity contribution in [2.75, 3.05) is 6.61 Å². The Labute approximate surface area is 161 Å². The number of unbranched alkanes of at least 4 members (excludes halogenated alkanes) is 8. The highest BCUT2D eigenvalue weighted by Crippen LogP contribution is 2.08. The van der Waals surface area contributed by atoms with Gasteiger partial charge in [-0.1, -0.05) is 113 Å². The topological polar surface area (TPSA) is 26.3 Å². The Morgan fingerprint density at radius 1 is 0.654 bits per heavy atom. The summed E-state index contributed by atoms with van der Waals surface area (Å²) < 4.78 is 5.01. The minimum absolute atomic E-state index is 0.280. The van der Waals surface area contributed by atoms with Crippen LogP contribution < -0.4 is 0 Å². The van der Waals surface area contributed by atoms with E-state index in [4.69, 9.17) is 4.74 Å². The number of ether oxygens (including phenoxy) is 1. The minimum atomic E-state index is -0.280. The van der Waals surface area contributed by atoms with Gasteiger partial charge in [0.05, 0.1) is 6.61 Å². The van der Waals surface area contributed by atoms with Crippen LogP contribution in [0.15, 0.2) is 60.8 Å². The number of carbonyl (C=O) groups excluding carboxylic acids is 1. The average molecular weight is 359 g/mol. The molecule has 0 heterocycles. The summed E-state index contributed by atoms with van der Waals surface area (Å²) in [6.07, 6.45) is 31.8. The van der Waals surface area contributed by atoms with Crippen LogP contribution in [0.3, 0.4) is 0 Å². The van der Waals surface area contributed by atoms with Gasteiger partial charge in [-0.2, -0.15) is 0 Å². The Bertz CT molecular complexity index is 453. The van der Waals surface area contributed by atoms with Crippen LogP contribution >= 0.6 is 0 Å². The van der Waals surface area contributed by atoms with E-state index in [0.29, 0.717) is 6.61 Å². The number of rotatable bonds is 16. The zero-order valence-electron chi connectivity index (χ0n) is 16.9. The van der Waals surface area contributed by atoms with Crippen molar-refractivity contribution in [3.63, 3.8) is 0 Å². The molecule has 146 valence electrons. The van der Waals surface area contributed by atoms with Gasteiger partial charge in [0.1, 0.15) is 0 Å². The largest absolute Gasteiger partial charge is 0.463 e. The second kappa shape index (κ2) is 21.2. The van der Waals surface area contributed by atoms with Crippen LogP contribution in [0.25, 0.3) is 0 Å². The second-order valence-electron chi connectivity index (χ2n) is 6.37. The van der Waals surface area contributed by atoms with Crippen molar-refractivity contribution in [2.45, 2.75) is 78.1 Å². The molecule has 26 heavy (non-hydrogen) atoms. The third-order valence-electron chi connectivity index (χ3n) is 3.86. The van der Waals surface area contributed by atoms with Crippen molar-refractivity contribution in [3.05, 3.63) is 60.8 Å². The van der Waals surface area contributed by atoms with Gasteiger partial charge in [-0.25, -0.2) is 4.79 Å². The molecule has 0 aromatic rings. The Hall–Kier alpha value is -1.83. The number of carbonyl (C=O) groups is 1. The van der Waals surface area contributed by atoms with Gasteiger partial charge in [-0.15, -0.1) is 0 Å². The maximum atomic E-state index is 11.3. The standard InChI is InChI=1S/C24H38O2/c1-3-5-7-8-9-10-11-12-13-14-15-16-17-18-19-20-21-22-24(25)26-23-6-4-2/h13-22H,3-12,23H2,1-2H3. The lowest BCUT2D eigenvalue weighted by Crippen LogP contribution is -2.01. The first-order chi connectivity index (χ1) is 12.8. The van der Waals surface area contributed by atoms with E-state index in [1.807, 2.05) is 36.5 Å². The third kappa shape index (κ3) is 20.2. The predicted molar refractivity (Wildman–Crippen MR) is 114 cm³/mol. The first kappa shape index (κ1) is 24.2. The molecule has 0 N–H and O–H groups in total. The van der Waals surface area contributed by atoms with Gasteiger partial charge in [-0.3, -0.25) is 0 Å². The van der Waals surface area contributed by atoms with Gasteiger partial charge in [0.2, 0.25) is 0 Å². The Kier molecular flexibility index (Phi) is 19.7. The van der Waals surface area contributed by atoms with E-state index in [0.717, 1.165) is 12.8 Å². The molecule has 0 rings (SSSR count). The third-order valence-corrected chi connectivity index (χ3v) is 3.86. The number of hydrogen-bond donors (Lipinski definition) is 0. The molecule has 2 heteroatoms. The summed E-state index contributed by atoms with van der Waals surface area (Å²) in [4.78, 5) is 11.3. The molecule has 0 atom stereocenters. The summed E-state index contributed by atoms with van der Waals surface area (Å²) in [7, 11) is 0. The number of hydrogen-bond acceptors (Lipinski definition) is 2. The zero-order chi connectivity index (χ0) is 19.1. The molecule has 2 nitrogen and oxygen atoms in total. The van der Waals surface area contributed by atoms with Crippen LogP contribution in [0.1, 0.15) is 78.1 Å². The SMILES string of the molecule is CCCCCCCCCC=CC=CC=CC=CC=CC(=O)OCCCC. The molecule has 0 amide bonds. The molecule has 0 aliphatic rings. The molecule has 0 spiro atoms. The molecular formula is C24H38O2. The van der Waals surface area contributed by atoms with E-state index in [1.165, 1.54) is 57.4 Å². The van der Waals surface area contributed by atoms with Gasteiger partial charge in [-0.05, 0) is 19.3 Å². The van der Waals surface area contributed by atoms with Gasteiger partial charge >= 0.3 is 5.97 Å². The van der Waals surface area contributed by atoms with E-state index in [-0.39, 0.29) is 5.97 Å². The fraction of sp³-hybridized carbons (Fsp3) is 0.542. The summed E-state index contributed by atoms with van der Waals surface area (Å²) in [6.45, 7) is 4.83. The van der Waals surface area contributed by atoms with Gasteiger partial charge in [0.15, 0.2) is 0 Å². The summed E-state index contributed by atoms with van der Waals surface area (Å²) in [5, 5.41) is 0. The van der Waals surface area contributed by atoms with E-state index in [1.54, 1.807) is 6.08 Å². The average Bonchev–Trinajstić information content (AvgIpc) is 2.64. The highest BCUT2D eigenvalue weighted by molar-refractivity contribution is 5.82. The van der Waals surface area contributed by atoms with Gasteiger partial charge in [0, 0.05) is 6.08 Å². The van der Waals surface area contributed by atoms with Gasteiger partial charge < -0.3 is 4.74 Å². The quantitative estimate of drug-likeness (QED) is 0.126. The van der Waals surface area contributed by atoms with Crippen molar-refractivity contribution in [3.8, 4) is 0 Å². The fourth-order valence-electron chi connectivity index (χ4n) is 2.28. The van der Waals surface area contributed by atoms with Crippen LogP contribution in [0.2, 0.25) is 0 Å². The lowest BCUT2D eigenvalue weighted by Gasteiger charge is -1.98. The second-order valence-corrected chi connectivity index (χ2v) is 6.37. The van der Waals surface area contributed by atoms with Crippen molar-refractivity contribution in [2.24, 2.45) is 0 Å².